The van der Waals surface area contributed by atoms with Crippen LogP contribution in [0.15, 0.2) is 48.5 Å². The summed E-state index contributed by atoms with van der Waals surface area (Å²) >= 11 is 0. The van der Waals surface area contributed by atoms with Gasteiger partial charge in [-0.1, -0.05) is 18.2 Å². The van der Waals surface area contributed by atoms with Crippen LogP contribution in [0.2, 0.25) is 0 Å². The summed E-state index contributed by atoms with van der Waals surface area (Å²) in [6.45, 7) is 0.141. The standard InChI is InChI=1S/C22H18F4N4O3/c23-14-4-1-12(2-5-14)10-27-21(31)16-9-20-28-15(8-19(22(24,25)26)30(20)29-16)13-3-6-17-18(7-13)33-11-32-17/h1-7,9,15,19,28H,8,10-11H2,(H,27,31)/t15-,19-/m1/s1. The largest absolute Gasteiger partial charge is 0.454 e. The highest BCUT2D eigenvalue weighted by molar-refractivity contribution is 5.93. The van der Waals surface area contributed by atoms with Crippen LogP contribution in [-0.4, -0.2) is 28.7 Å². The third-order valence-electron chi connectivity index (χ3n) is 5.59. The van der Waals surface area contributed by atoms with Crippen molar-refractivity contribution < 1.29 is 31.8 Å². The number of anilines is 1. The Bertz CT molecular complexity index is 1190. The molecule has 0 radical (unpaired) electrons. The van der Waals surface area contributed by atoms with Crippen LogP contribution in [0.5, 0.6) is 11.5 Å². The van der Waals surface area contributed by atoms with E-state index in [1.165, 1.54) is 30.3 Å². The predicted octanol–water partition coefficient (Wildman–Crippen LogP) is 4.34. The Morgan fingerprint density at radius 2 is 1.88 bits per heavy atom. The van der Waals surface area contributed by atoms with Gasteiger partial charge in [-0.05, 0) is 35.4 Å². The van der Waals surface area contributed by atoms with E-state index in [-0.39, 0.29) is 31.3 Å². The first-order valence-electron chi connectivity index (χ1n) is 10.1. The molecule has 0 bridgehead atoms. The molecule has 5 rings (SSSR count). The topological polar surface area (TPSA) is 77.4 Å². The van der Waals surface area contributed by atoms with Gasteiger partial charge in [0.1, 0.15) is 11.6 Å². The number of fused-ring (bicyclic) bond motifs is 2. The van der Waals surface area contributed by atoms with Crippen molar-refractivity contribution in [2.75, 3.05) is 12.1 Å². The van der Waals surface area contributed by atoms with Gasteiger partial charge < -0.3 is 20.1 Å². The van der Waals surface area contributed by atoms with E-state index in [1.807, 2.05) is 0 Å². The summed E-state index contributed by atoms with van der Waals surface area (Å²) in [5.74, 6) is 0.0415. The van der Waals surface area contributed by atoms with E-state index in [4.69, 9.17) is 9.47 Å². The van der Waals surface area contributed by atoms with Gasteiger partial charge in [-0.15, -0.1) is 0 Å². The Hall–Kier alpha value is -3.76. The lowest BCUT2D eigenvalue weighted by molar-refractivity contribution is -0.173. The van der Waals surface area contributed by atoms with E-state index in [1.54, 1.807) is 18.2 Å². The second kappa shape index (κ2) is 7.98. The zero-order valence-electron chi connectivity index (χ0n) is 17.0. The van der Waals surface area contributed by atoms with Crippen LogP contribution in [0, 0.1) is 5.82 Å². The van der Waals surface area contributed by atoms with Gasteiger partial charge in [0.15, 0.2) is 23.2 Å². The van der Waals surface area contributed by atoms with Crippen LogP contribution in [0.25, 0.3) is 0 Å². The molecule has 0 fully saturated rings. The number of hydrogen-bond acceptors (Lipinski definition) is 5. The molecule has 172 valence electrons. The zero-order valence-corrected chi connectivity index (χ0v) is 17.0. The monoisotopic (exact) mass is 462 g/mol. The quantitative estimate of drug-likeness (QED) is 0.564. The Kier molecular flexibility index (Phi) is 5.10. The van der Waals surface area contributed by atoms with Gasteiger partial charge in [0.2, 0.25) is 6.79 Å². The summed E-state index contributed by atoms with van der Waals surface area (Å²) in [4.78, 5) is 12.5. The number of carbonyl (C=O) groups is 1. The smallest absolute Gasteiger partial charge is 0.410 e. The zero-order chi connectivity index (χ0) is 23.2. The van der Waals surface area contributed by atoms with E-state index in [0.29, 0.717) is 22.6 Å². The fourth-order valence-electron chi connectivity index (χ4n) is 3.91. The molecule has 1 amide bonds. The van der Waals surface area contributed by atoms with Gasteiger partial charge in [0, 0.05) is 19.0 Å². The first-order chi connectivity index (χ1) is 15.8. The minimum absolute atomic E-state index is 0.0607. The van der Waals surface area contributed by atoms with Gasteiger partial charge >= 0.3 is 6.18 Å². The molecule has 2 aliphatic rings. The minimum atomic E-state index is -4.57. The first-order valence-corrected chi connectivity index (χ1v) is 10.1. The average Bonchev–Trinajstić information content (AvgIpc) is 3.43. The Morgan fingerprint density at radius 1 is 1.12 bits per heavy atom. The number of carbonyl (C=O) groups excluding carboxylic acids is 1. The van der Waals surface area contributed by atoms with Crippen LogP contribution in [0.1, 0.15) is 40.1 Å². The lowest BCUT2D eigenvalue weighted by Gasteiger charge is -2.33. The molecule has 2 aliphatic heterocycles. The molecule has 1 aromatic heterocycles. The van der Waals surface area contributed by atoms with Crippen LogP contribution in [0.3, 0.4) is 0 Å². The normalized spacial score (nSPS) is 19.0. The molecule has 0 unspecified atom stereocenters. The predicted molar refractivity (Wildman–Crippen MR) is 108 cm³/mol. The number of ether oxygens (including phenoxy) is 2. The van der Waals surface area contributed by atoms with Crippen LogP contribution < -0.4 is 20.1 Å². The lowest BCUT2D eigenvalue weighted by atomic mass is 9.96. The van der Waals surface area contributed by atoms with Crippen molar-refractivity contribution in [1.82, 2.24) is 15.1 Å². The van der Waals surface area contributed by atoms with Crippen molar-refractivity contribution >= 4 is 11.7 Å². The highest BCUT2D eigenvalue weighted by Gasteiger charge is 2.47. The number of benzene rings is 2. The summed E-state index contributed by atoms with van der Waals surface area (Å²) in [5.41, 5.74) is 1.09. The van der Waals surface area contributed by atoms with Crippen molar-refractivity contribution in [3.63, 3.8) is 0 Å². The molecule has 33 heavy (non-hydrogen) atoms. The number of amides is 1. The fraction of sp³-hybridized carbons (Fsp3) is 0.273. The summed E-state index contributed by atoms with van der Waals surface area (Å²) < 4.78 is 66.1. The second-order valence-electron chi connectivity index (χ2n) is 7.77. The number of hydrogen-bond donors (Lipinski definition) is 2. The van der Waals surface area contributed by atoms with Crippen LogP contribution in [0.4, 0.5) is 23.4 Å². The van der Waals surface area contributed by atoms with Crippen LogP contribution >= 0.6 is 0 Å². The van der Waals surface area contributed by atoms with Gasteiger partial charge in [0.05, 0.1) is 6.04 Å². The van der Waals surface area contributed by atoms with Crippen molar-refractivity contribution in [3.05, 3.63) is 71.2 Å². The van der Waals surface area contributed by atoms with Crippen molar-refractivity contribution in [3.8, 4) is 11.5 Å². The molecule has 3 aromatic rings. The summed E-state index contributed by atoms with van der Waals surface area (Å²) in [6.07, 6.45) is -4.88. The second-order valence-corrected chi connectivity index (χ2v) is 7.77. The van der Waals surface area contributed by atoms with Gasteiger partial charge in [-0.2, -0.15) is 18.3 Å². The molecule has 7 nitrogen and oxygen atoms in total. The molecule has 2 N–H and O–H groups in total. The lowest BCUT2D eigenvalue weighted by Crippen LogP contribution is -2.35. The van der Waals surface area contributed by atoms with Gasteiger partial charge in [0.25, 0.3) is 5.91 Å². The maximum absolute atomic E-state index is 13.9. The molecule has 11 heteroatoms. The number of nitrogens with zero attached hydrogens (tertiary/aromatic N) is 2. The maximum Gasteiger partial charge on any atom is 0.410 e. The number of halogens is 4. The summed E-state index contributed by atoms with van der Waals surface area (Å²) in [5, 5.41) is 9.56. The van der Waals surface area contributed by atoms with E-state index in [9.17, 15) is 22.4 Å². The van der Waals surface area contributed by atoms with Gasteiger partial charge in [-0.25, -0.2) is 9.07 Å². The molecule has 0 saturated carbocycles. The third-order valence-corrected chi connectivity index (χ3v) is 5.59. The molecular weight excluding hydrogens is 444 g/mol. The highest BCUT2D eigenvalue weighted by atomic mass is 19.4. The van der Waals surface area contributed by atoms with E-state index in [0.717, 1.165) is 4.68 Å². The fourth-order valence-corrected chi connectivity index (χ4v) is 3.91. The third kappa shape index (κ3) is 4.18. The molecular formula is C22H18F4N4O3. The molecule has 2 atom stereocenters. The van der Waals surface area contributed by atoms with E-state index < -0.39 is 30.0 Å². The first kappa shape index (κ1) is 21.1. The molecule has 2 aromatic carbocycles. The molecule has 0 aliphatic carbocycles. The van der Waals surface area contributed by atoms with Crippen molar-refractivity contribution in [1.29, 1.82) is 0 Å². The van der Waals surface area contributed by atoms with E-state index in [2.05, 4.69) is 15.7 Å². The number of alkyl halides is 3. The van der Waals surface area contributed by atoms with E-state index >= 15 is 0 Å². The number of nitrogens with one attached hydrogen (secondary N) is 2. The minimum Gasteiger partial charge on any atom is -0.454 e. The van der Waals surface area contributed by atoms with Crippen LogP contribution in [-0.2, 0) is 6.54 Å². The number of aromatic nitrogens is 2. The SMILES string of the molecule is O=C(NCc1ccc(F)cc1)c1cc2n(n1)[C@@H](C(F)(F)F)C[C@H](c1ccc3c(c1)OCO3)N2. The van der Waals surface area contributed by atoms with Crippen molar-refractivity contribution in [2.24, 2.45) is 0 Å². The molecule has 3 heterocycles. The molecule has 0 spiro atoms. The molecule has 0 saturated heterocycles. The van der Waals surface area contributed by atoms with Gasteiger partial charge in [-0.3, -0.25) is 4.79 Å². The summed E-state index contributed by atoms with van der Waals surface area (Å²) in [6, 6.07) is 9.20. The average molecular weight is 462 g/mol. The Labute approximate surface area is 185 Å². The van der Waals surface area contributed by atoms with Crippen molar-refractivity contribution in [2.45, 2.75) is 31.2 Å². The Balaban J connectivity index is 1.38. The maximum atomic E-state index is 13.9. The highest BCUT2D eigenvalue weighted by Crippen LogP contribution is 2.45. The number of rotatable bonds is 4. The Morgan fingerprint density at radius 3 is 2.64 bits per heavy atom. The summed E-state index contributed by atoms with van der Waals surface area (Å²) in [7, 11) is 0.